The van der Waals surface area contributed by atoms with Gasteiger partial charge in [-0.3, -0.25) is 0 Å². The van der Waals surface area contributed by atoms with Crippen LogP contribution in [-0.4, -0.2) is 14.7 Å². The smallest absolute Gasteiger partial charge is 0.109 e. The summed E-state index contributed by atoms with van der Waals surface area (Å²) in [7, 11) is 0. The highest BCUT2D eigenvalue weighted by Gasteiger charge is 2.25. The lowest BCUT2D eigenvalue weighted by Crippen LogP contribution is -2.18. The van der Waals surface area contributed by atoms with E-state index in [0.717, 1.165) is 41.2 Å². The third-order valence-corrected chi connectivity index (χ3v) is 5.01. The summed E-state index contributed by atoms with van der Waals surface area (Å²) in [5, 5.41) is 19.8. The molecule has 0 amide bonds. The monoisotopic (exact) mass is 373 g/mol. The molecule has 0 radical (unpaired) electrons. The van der Waals surface area contributed by atoms with Crippen LogP contribution in [0.4, 0.5) is 0 Å². The minimum Gasteiger partial charge on any atom is -0.384 e. The van der Waals surface area contributed by atoms with Crippen molar-refractivity contribution in [2.75, 3.05) is 0 Å². The number of benzene rings is 2. The summed E-state index contributed by atoms with van der Waals surface area (Å²) < 4.78 is 2.20. The molecule has 0 aliphatic heterocycles. The van der Waals surface area contributed by atoms with E-state index < -0.39 is 5.60 Å². The summed E-state index contributed by atoms with van der Waals surface area (Å²) >= 11 is 0. The number of rotatable bonds is 6. The molecule has 1 aromatic heterocycles. The first-order chi connectivity index (χ1) is 13.3. The van der Waals surface area contributed by atoms with Gasteiger partial charge in [0.1, 0.15) is 11.4 Å². The summed E-state index contributed by atoms with van der Waals surface area (Å²) in [5.74, 6) is 1.01. The molecule has 3 rings (SSSR count). The van der Waals surface area contributed by atoms with Crippen LogP contribution < -0.4 is 0 Å². The molecule has 2 aromatic carbocycles. The fourth-order valence-electron chi connectivity index (χ4n) is 3.60. The van der Waals surface area contributed by atoms with E-state index in [1.54, 1.807) is 13.8 Å². The highest BCUT2D eigenvalue weighted by molar-refractivity contribution is 5.70. The van der Waals surface area contributed by atoms with Crippen molar-refractivity contribution >= 4 is 0 Å². The Hall–Kier alpha value is -2.90. The third kappa shape index (κ3) is 4.00. The van der Waals surface area contributed by atoms with E-state index in [4.69, 9.17) is 4.98 Å². The van der Waals surface area contributed by atoms with Crippen molar-refractivity contribution in [1.29, 1.82) is 5.26 Å². The molecule has 4 heteroatoms. The van der Waals surface area contributed by atoms with Crippen molar-refractivity contribution in [2.45, 2.75) is 52.7 Å². The molecule has 1 heterocycles. The lowest BCUT2D eigenvalue weighted by atomic mass is 9.99. The summed E-state index contributed by atoms with van der Waals surface area (Å²) in [5.41, 5.74) is 4.63. The molecule has 0 saturated carbocycles. The highest BCUT2D eigenvalue weighted by atomic mass is 16.3. The van der Waals surface area contributed by atoms with Gasteiger partial charge in [-0.05, 0) is 49.9 Å². The number of imidazole rings is 1. The normalized spacial score (nSPS) is 11.4. The molecule has 0 unspecified atom stereocenters. The Balaban J connectivity index is 1.93. The molecule has 1 N–H and O–H groups in total. The highest BCUT2D eigenvalue weighted by Crippen LogP contribution is 2.27. The van der Waals surface area contributed by atoms with Crippen molar-refractivity contribution in [2.24, 2.45) is 0 Å². The molecular formula is C24H27N3O. The molecule has 3 aromatic rings. The van der Waals surface area contributed by atoms with Crippen molar-refractivity contribution in [3.8, 4) is 17.2 Å². The van der Waals surface area contributed by atoms with Crippen molar-refractivity contribution in [3.63, 3.8) is 0 Å². The number of nitriles is 1. The minimum atomic E-state index is -0.956. The second-order valence-electron chi connectivity index (χ2n) is 7.71. The van der Waals surface area contributed by atoms with Crippen molar-refractivity contribution in [3.05, 3.63) is 76.9 Å². The Bertz CT molecular complexity index is 1000. The number of nitrogens with zero attached hydrogens (tertiary/aromatic N) is 3. The molecule has 28 heavy (non-hydrogen) atoms. The Morgan fingerprint density at radius 2 is 1.79 bits per heavy atom. The van der Waals surface area contributed by atoms with Gasteiger partial charge in [-0.1, -0.05) is 49.4 Å². The van der Waals surface area contributed by atoms with Crippen LogP contribution in [0.3, 0.4) is 0 Å². The molecule has 4 nitrogen and oxygen atoms in total. The third-order valence-electron chi connectivity index (χ3n) is 5.01. The summed E-state index contributed by atoms with van der Waals surface area (Å²) in [4.78, 5) is 4.73. The van der Waals surface area contributed by atoms with Crippen LogP contribution in [0.15, 0.2) is 48.5 Å². The maximum atomic E-state index is 10.5. The largest absolute Gasteiger partial charge is 0.384 e. The van der Waals surface area contributed by atoms with Crippen LogP contribution >= 0.6 is 0 Å². The van der Waals surface area contributed by atoms with Gasteiger partial charge in [0, 0.05) is 18.7 Å². The quantitative estimate of drug-likeness (QED) is 0.664. The maximum Gasteiger partial charge on any atom is 0.109 e. The maximum absolute atomic E-state index is 10.5. The lowest BCUT2D eigenvalue weighted by Gasteiger charge is -2.16. The van der Waals surface area contributed by atoms with Crippen LogP contribution in [0.1, 0.15) is 55.5 Å². The standard InChI is InChI=1S/C24H27N3O/c1-5-8-22-26-23(24(3,4)28)17(2)27(22)16-18-11-13-19(14-12-18)21-10-7-6-9-20(21)15-25/h6-7,9-14,28H,5,8,16H2,1-4H3. The average molecular weight is 374 g/mol. The van der Waals surface area contributed by atoms with Crippen LogP contribution in [0.2, 0.25) is 0 Å². The Kier molecular flexibility index (Phi) is 5.67. The number of hydrogen-bond donors (Lipinski definition) is 1. The van der Waals surface area contributed by atoms with E-state index in [1.807, 2.05) is 31.2 Å². The molecule has 0 saturated heterocycles. The second-order valence-corrected chi connectivity index (χ2v) is 7.71. The molecule has 0 atom stereocenters. The van der Waals surface area contributed by atoms with Gasteiger partial charge >= 0.3 is 0 Å². The molecule has 0 fully saturated rings. The van der Waals surface area contributed by atoms with Crippen LogP contribution in [-0.2, 0) is 18.6 Å². The first-order valence-corrected chi connectivity index (χ1v) is 9.72. The molecule has 144 valence electrons. The predicted octanol–water partition coefficient (Wildman–Crippen LogP) is 4.96. The summed E-state index contributed by atoms with van der Waals surface area (Å²) in [6.45, 7) is 8.44. The van der Waals surface area contributed by atoms with Crippen molar-refractivity contribution in [1.82, 2.24) is 9.55 Å². The topological polar surface area (TPSA) is 61.8 Å². The molecular weight excluding hydrogens is 346 g/mol. The zero-order valence-corrected chi connectivity index (χ0v) is 17.0. The summed E-state index contributed by atoms with van der Waals surface area (Å²) in [6.07, 6.45) is 1.89. The second kappa shape index (κ2) is 8.00. The van der Waals surface area contributed by atoms with Gasteiger partial charge in [-0.25, -0.2) is 4.98 Å². The van der Waals surface area contributed by atoms with Crippen LogP contribution in [0.25, 0.3) is 11.1 Å². The van der Waals surface area contributed by atoms with Gasteiger partial charge in [-0.15, -0.1) is 0 Å². The van der Waals surface area contributed by atoms with Gasteiger partial charge in [-0.2, -0.15) is 5.26 Å². The van der Waals surface area contributed by atoms with Gasteiger partial charge in [0.05, 0.1) is 17.3 Å². The van der Waals surface area contributed by atoms with E-state index in [9.17, 15) is 10.4 Å². The molecule has 0 bridgehead atoms. The zero-order chi connectivity index (χ0) is 20.3. The van der Waals surface area contributed by atoms with E-state index in [1.165, 1.54) is 5.56 Å². The predicted molar refractivity (Wildman–Crippen MR) is 112 cm³/mol. The zero-order valence-electron chi connectivity index (χ0n) is 17.0. The van der Waals surface area contributed by atoms with E-state index in [-0.39, 0.29) is 0 Å². The van der Waals surface area contributed by atoms with E-state index >= 15 is 0 Å². The van der Waals surface area contributed by atoms with Gasteiger partial charge < -0.3 is 9.67 Å². The Morgan fingerprint density at radius 3 is 2.39 bits per heavy atom. The number of aromatic nitrogens is 2. The van der Waals surface area contributed by atoms with Gasteiger partial charge in [0.15, 0.2) is 0 Å². The number of hydrogen-bond acceptors (Lipinski definition) is 3. The Morgan fingerprint density at radius 1 is 1.11 bits per heavy atom. The molecule has 0 spiro atoms. The molecule has 0 aliphatic rings. The van der Waals surface area contributed by atoms with Gasteiger partial charge in [0.2, 0.25) is 0 Å². The van der Waals surface area contributed by atoms with Crippen molar-refractivity contribution < 1.29 is 5.11 Å². The van der Waals surface area contributed by atoms with E-state index in [2.05, 4.69) is 41.8 Å². The summed E-state index contributed by atoms with van der Waals surface area (Å²) in [6, 6.07) is 18.2. The number of aryl methyl sites for hydroxylation is 1. The van der Waals surface area contributed by atoms with Crippen LogP contribution in [0.5, 0.6) is 0 Å². The Labute approximate surface area is 167 Å². The first kappa shape index (κ1) is 19.9. The fourth-order valence-corrected chi connectivity index (χ4v) is 3.60. The fraction of sp³-hybridized carbons (Fsp3) is 0.333. The SMILES string of the molecule is CCCc1nc(C(C)(C)O)c(C)n1Cc1ccc(-c2ccccc2C#N)cc1. The van der Waals surface area contributed by atoms with E-state index in [0.29, 0.717) is 12.1 Å². The number of aliphatic hydroxyl groups is 1. The average Bonchev–Trinajstić information content (AvgIpc) is 2.99. The minimum absolute atomic E-state index is 0.681. The first-order valence-electron chi connectivity index (χ1n) is 9.72. The lowest BCUT2D eigenvalue weighted by molar-refractivity contribution is 0.0733. The van der Waals surface area contributed by atoms with Gasteiger partial charge in [0.25, 0.3) is 0 Å². The van der Waals surface area contributed by atoms with Crippen LogP contribution in [0, 0.1) is 18.3 Å². The molecule has 0 aliphatic carbocycles.